The molecule has 2 aromatic rings. The van der Waals surface area contributed by atoms with Crippen LogP contribution in [0.5, 0.6) is 0 Å². The predicted molar refractivity (Wildman–Crippen MR) is 118 cm³/mol. The van der Waals surface area contributed by atoms with E-state index in [-0.39, 0.29) is 22.2 Å². The highest BCUT2D eigenvalue weighted by Crippen LogP contribution is 2.40. The summed E-state index contributed by atoms with van der Waals surface area (Å²) in [6.07, 6.45) is 0.455. The first-order chi connectivity index (χ1) is 12.6. The third-order valence-corrected chi connectivity index (χ3v) is 5.37. The Balaban J connectivity index is 2.89. The SMILES string of the molecule is COC(=O)[C@@H](N)Cc1c(C(C)(C)C)[nH]c2c(C(C)(C)C)cc(C(C)(C)C)cc12. The van der Waals surface area contributed by atoms with Crippen LogP contribution in [-0.4, -0.2) is 24.1 Å². The molecule has 0 saturated heterocycles. The molecule has 1 heterocycles. The predicted octanol–water partition coefficient (Wildman–Crippen LogP) is 5.10. The number of carbonyl (C=O) groups is 1. The summed E-state index contributed by atoms with van der Waals surface area (Å²) in [5.41, 5.74) is 12.1. The molecule has 1 aromatic heterocycles. The Kier molecular flexibility index (Phi) is 5.79. The van der Waals surface area contributed by atoms with Crippen LogP contribution in [0.4, 0.5) is 0 Å². The maximum absolute atomic E-state index is 12.0. The summed E-state index contributed by atoms with van der Waals surface area (Å²) in [7, 11) is 1.39. The Morgan fingerprint density at radius 1 is 1.00 bits per heavy atom. The maximum atomic E-state index is 12.0. The molecule has 156 valence electrons. The maximum Gasteiger partial charge on any atom is 0.322 e. The lowest BCUT2D eigenvalue weighted by Crippen LogP contribution is -2.34. The second kappa shape index (κ2) is 7.22. The number of carbonyl (C=O) groups excluding carboxylic acids is 1. The minimum atomic E-state index is -0.679. The van der Waals surface area contributed by atoms with Crippen molar-refractivity contribution < 1.29 is 9.53 Å². The van der Waals surface area contributed by atoms with Crippen molar-refractivity contribution in [1.29, 1.82) is 0 Å². The molecule has 0 fully saturated rings. The fourth-order valence-corrected chi connectivity index (χ4v) is 3.68. The van der Waals surface area contributed by atoms with E-state index in [9.17, 15) is 4.79 Å². The number of hydrogen-bond acceptors (Lipinski definition) is 3. The van der Waals surface area contributed by atoms with E-state index in [2.05, 4.69) is 79.4 Å². The van der Waals surface area contributed by atoms with Gasteiger partial charge in [0, 0.05) is 28.4 Å². The molecule has 3 N–H and O–H groups in total. The molecule has 0 radical (unpaired) electrons. The van der Waals surface area contributed by atoms with Gasteiger partial charge in [-0.15, -0.1) is 0 Å². The van der Waals surface area contributed by atoms with Crippen LogP contribution in [0.25, 0.3) is 10.9 Å². The van der Waals surface area contributed by atoms with Crippen LogP contribution in [-0.2, 0) is 32.2 Å². The largest absolute Gasteiger partial charge is 0.468 e. The number of rotatable bonds is 3. The van der Waals surface area contributed by atoms with Crippen molar-refractivity contribution in [3.8, 4) is 0 Å². The van der Waals surface area contributed by atoms with Gasteiger partial charge in [-0.2, -0.15) is 0 Å². The van der Waals surface area contributed by atoms with Crippen molar-refractivity contribution in [2.45, 2.75) is 91.0 Å². The number of ether oxygens (including phenoxy) is 1. The monoisotopic (exact) mass is 386 g/mol. The summed E-state index contributed by atoms with van der Waals surface area (Å²) < 4.78 is 4.88. The first-order valence-electron chi connectivity index (χ1n) is 10.1. The van der Waals surface area contributed by atoms with Crippen LogP contribution in [0, 0.1) is 0 Å². The van der Waals surface area contributed by atoms with Crippen LogP contribution in [0.15, 0.2) is 12.1 Å². The molecule has 0 aliphatic heterocycles. The Hall–Kier alpha value is -1.81. The van der Waals surface area contributed by atoms with Crippen LogP contribution in [0.1, 0.15) is 84.7 Å². The summed E-state index contributed by atoms with van der Waals surface area (Å²) in [5, 5.41) is 1.17. The summed E-state index contributed by atoms with van der Waals surface area (Å²) in [4.78, 5) is 15.7. The molecule has 0 bridgehead atoms. The van der Waals surface area contributed by atoms with E-state index < -0.39 is 6.04 Å². The van der Waals surface area contributed by atoms with Gasteiger partial charge in [-0.3, -0.25) is 4.79 Å². The molecule has 0 aliphatic carbocycles. The number of methoxy groups -OCH3 is 1. The van der Waals surface area contributed by atoms with Gasteiger partial charge < -0.3 is 15.5 Å². The zero-order chi connectivity index (χ0) is 21.7. The van der Waals surface area contributed by atoms with E-state index in [1.807, 2.05) is 0 Å². The van der Waals surface area contributed by atoms with E-state index in [0.29, 0.717) is 6.42 Å². The number of fused-ring (bicyclic) bond motifs is 1. The number of hydrogen-bond donors (Lipinski definition) is 2. The first kappa shape index (κ1) is 22.5. The lowest BCUT2D eigenvalue weighted by molar-refractivity contribution is -0.142. The van der Waals surface area contributed by atoms with Crippen LogP contribution < -0.4 is 5.73 Å². The van der Waals surface area contributed by atoms with Crippen molar-refractivity contribution in [3.63, 3.8) is 0 Å². The lowest BCUT2D eigenvalue weighted by Gasteiger charge is -2.26. The number of aromatic amines is 1. The average molecular weight is 387 g/mol. The van der Waals surface area contributed by atoms with Crippen molar-refractivity contribution in [1.82, 2.24) is 4.98 Å². The van der Waals surface area contributed by atoms with E-state index >= 15 is 0 Å². The smallest absolute Gasteiger partial charge is 0.322 e. The molecule has 2 rings (SSSR count). The Morgan fingerprint density at radius 2 is 1.57 bits per heavy atom. The Morgan fingerprint density at radius 3 is 2.00 bits per heavy atom. The molecule has 4 heteroatoms. The number of aromatic nitrogens is 1. The third kappa shape index (κ3) is 4.43. The number of nitrogens with two attached hydrogens (primary N) is 1. The van der Waals surface area contributed by atoms with Gasteiger partial charge in [-0.05, 0) is 33.6 Å². The molecule has 0 spiro atoms. The van der Waals surface area contributed by atoms with Crippen molar-refractivity contribution in [3.05, 3.63) is 34.5 Å². The summed E-state index contributed by atoms with van der Waals surface area (Å²) in [6, 6.07) is 3.92. The van der Waals surface area contributed by atoms with Crippen LogP contribution >= 0.6 is 0 Å². The molecule has 0 aliphatic rings. The fraction of sp³-hybridized carbons (Fsp3) is 0.625. The van der Waals surface area contributed by atoms with E-state index in [1.54, 1.807) is 0 Å². The highest BCUT2D eigenvalue weighted by atomic mass is 16.5. The van der Waals surface area contributed by atoms with Gasteiger partial charge >= 0.3 is 5.97 Å². The number of esters is 1. The van der Waals surface area contributed by atoms with Crippen LogP contribution in [0.3, 0.4) is 0 Å². The van der Waals surface area contributed by atoms with Crippen molar-refractivity contribution in [2.75, 3.05) is 7.11 Å². The van der Waals surface area contributed by atoms with Crippen LogP contribution in [0.2, 0.25) is 0 Å². The molecular weight excluding hydrogens is 348 g/mol. The fourth-order valence-electron chi connectivity index (χ4n) is 3.68. The van der Waals surface area contributed by atoms with E-state index in [1.165, 1.54) is 23.6 Å². The van der Waals surface area contributed by atoms with Gasteiger partial charge in [-0.1, -0.05) is 68.4 Å². The molecule has 0 saturated carbocycles. The highest BCUT2D eigenvalue weighted by Gasteiger charge is 2.30. The molecule has 28 heavy (non-hydrogen) atoms. The quantitative estimate of drug-likeness (QED) is 0.721. The highest BCUT2D eigenvalue weighted by molar-refractivity contribution is 5.90. The molecule has 1 atom stereocenters. The molecule has 0 amide bonds. The van der Waals surface area contributed by atoms with E-state index in [4.69, 9.17) is 10.5 Å². The van der Waals surface area contributed by atoms with Gasteiger partial charge in [0.2, 0.25) is 0 Å². The summed E-state index contributed by atoms with van der Waals surface area (Å²) in [5.74, 6) is -0.378. The zero-order valence-corrected chi connectivity index (χ0v) is 19.3. The van der Waals surface area contributed by atoms with E-state index in [0.717, 1.165) is 16.8 Å². The second-order valence-corrected chi connectivity index (χ2v) is 11.0. The average Bonchev–Trinajstić information content (AvgIpc) is 2.90. The second-order valence-electron chi connectivity index (χ2n) is 11.0. The molecule has 1 aromatic carbocycles. The van der Waals surface area contributed by atoms with Gasteiger partial charge in [0.05, 0.1) is 7.11 Å². The first-order valence-corrected chi connectivity index (χ1v) is 10.1. The number of H-pyrrole nitrogens is 1. The van der Waals surface area contributed by atoms with Gasteiger partial charge in [0.1, 0.15) is 6.04 Å². The standard InChI is InChI=1S/C24H38N2O2/c1-22(2,3)14-11-15-16(13-18(25)21(27)28-10)20(24(7,8)9)26-19(15)17(12-14)23(4,5)6/h11-12,18,26H,13,25H2,1-10H3/t18-/m0/s1. The summed E-state index contributed by atoms with van der Waals surface area (Å²) >= 11 is 0. The van der Waals surface area contributed by atoms with Gasteiger partial charge in [-0.25, -0.2) is 0 Å². The molecule has 0 unspecified atom stereocenters. The minimum absolute atomic E-state index is 0.0126. The number of nitrogens with one attached hydrogen (secondary N) is 1. The normalized spacial score (nSPS) is 14.4. The Bertz CT molecular complexity index is 871. The van der Waals surface area contributed by atoms with Gasteiger partial charge in [0.15, 0.2) is 0 Å². The number of benzene rings is 1. The third-order valence-electron chi connectivity index (χ3n) is 5.37. The zero-order valence-electron chi connectivity index (χ0n) is 19.3. The molecule has 4 nitrogen and oxygen atoms in total. The molecular formula is C24H38N2O2. The topological polar surface area (TPSA) is 68.1 Å². The van der Waals surface area contributed by atoms with Crippen molar-refractivity contribution >= 4 is 16.9 Å². The lowest BCUT2D eigenvalue weighted by atomic mass is 9.79. The van der Waals surface area contributed by atoms with Gasteiger partial charge in [0.25, 0.3) is 0 Å². The Labute approximate surface area is 170 Å². The van der Waals surface area contributed by atoms with Crippen molar-refractivity contribution in [2.24, 2.45) is 5.73 Å². The summed E-state index contributed by atoms with van der Waals surface area (Å²) in [6.45, 7) is 20.0. The minimum Gasteiger partial charge on any atom is -0.468 e.